The number of anilines is 1. The lowest BCUT2D eigenvalue weighted by molar-refractivity contribution is -0.154. The van der Waals surface area contributed by atoms with E-state index in [9.17, 15) is 19.2 Å². The number of fused-ring (bicyclic) bond motifs is 1. The van der Waals surface area contributed by atoms with Crippen molar-refractivity contribution in [3.8, 4) is 0 Å². The fourth-order valence-electron chi connectivity index (χ4n) is 5.10. The number of carbonyl (C=O) groups is 4. The zero-order valence-corrected chi connectivity index (χ0v) is 25.8. The maximum atomic E-state index is 14.0. The first-order chi connectivity index (χ1) is 22.8. The largest absolute Gasteiger partial charge is 0.448 e. The van der Waals surface area contributed by atoms with Gasteiger partial charge in [0.05, 0.1) is 0 Å². The molecule has 1 saturated carbocycles. The van der Waals surface area contributed by atoms with E-state index >= 15 is 0 Å². The molecule has 242 valence electrons. The fourth-order valence-corrected chi connectivity index (χ4v) is 6.43. The maximum Gasteiger partial charge on any atom is 0.404 e. The molecule has 1 aromatic heterocycles. The van der Waals surface area contributed by atoms with Crippen molar-refractivity contribution in [2.75, 3.05) is 24.7 Å². The average molecular weight is 658 g/mol. The Morgan fingerprint density at radius 1 is 1.04 bits per heavy atom. The number of nitrogens with two attached hydrogens (primary N) is 2. The Morgan fingerprint density at radius 2 is 1.72 bits per heavy atom. The van der Waals surface area contributed by atoms with Gasteiger partial charge in [0.15, 0.2) is 11.8 Å². The molecule has 6 rings (SSSR count). The topological polar surface area (TPSA) is 201 Å². The number of amides is 3. The van der Waals surface area contributed by atoms with Crippen LogP contribution in [0.15, 0.2) is 89.4 Å². The van der Waals surface area contributed by atoms with Crippen LogP contribution in [-0.4, -0.2) is 74.8 Å². The van der Waals surface area contributed by atoms with Gasteiger partial charge in [-0.05, 0) is 36.0 Å². The van der Waals surface area contributed by atoms with Crippen LogP contribution < -0.4 is 16.8 Å². The number of carbonyl (C=O) groups excluding carboxylic acids is 4. The first-order valence-electron chi connectivity index (χ1n) is 14.8. The van der Waals surface area contributed by atoms with Crippen molar-refractivity contribution < 1.29 is 33.5 Å². The molecule has 2 aliphatic heterocycles. The van der Waals surface area contributed by atoms with Gasteiger partial charge in [-0.3, -0.25) is 14.5 Å². The summed E-state index contributed by atoms with van der Waals surface area (Å²) < 4.78 is 11.1. The molecule has 3 aliphatic rings. The number of hydrogen-bond donors (Lipinski definition) is 3. The lowest BCUT2D eigenvalue weighted by Gasteiger charge is -2.49. The Kier molecular flexibility index (Phi) is 9.33. The SMILES string of the molecule is NC(=O)OCC1=C(C(=O)OC(c2ccccc2)c2ccccc2)N2C(=O)[C@@H](NC(=O)/C(=N\OCC3CC3)c3ccnc(N)n3)[C@H]2SC1. The van der Waals surface area contributed by atoms with Gasteiger partial charge in [-0.15, -0.1) is 11.8 Å². The minimum atomic E-state index is -1.04. The van der Waals surface area contributed by atoms with Crippen LogP contribution in [0.2, 0.25) is 0 Å². The molecule has 0 spiro atoms. The minimum absolute atomic E-state index is 0.0674. The van der Waals surface area contributed by atoms with E-state index in [4.69, 9.17) is 25.8 Å². The van der Waals surface area contributed by atoms with Crippen LogP contribution in [0, 0.1) is 5.92 Å². The Labute approximate surface area is 273 Å². The summed E-state index contributed by atoms with van der Waals surface area (Å²) in [6, 6.07) is 18.7. The zero-order chi connectivity index (χ0) is 32.9. The number of nitrogens with one attached hydrogen (secondary N) is 1. The number of aromatic nitrogens is 2. The van der Waals surface area contributed by atoms with Crippen molar-refractivity contribution in [2.45, 2.75) is 30.4 Å². The number of thioether (sulfide) groups is 1. The number of ether oxygens (including phenoxy) is 2. The highest BCUT2D eigenvalue weighted by Gasteiger charge is 2.55. The molecule has 47 heavy (non-hydrogen) atoms. The first kappa shape index (κ1) is 31.5. The van der Waals surface area contributed by atoms with Crippen LogP contribution >= 0.6 is 11.8 Å². The molecular formula is C32H31N7O7S. The molecule has 0 radical (unpaired) electrons. The van der Waals surface area contributed by atoms with Crippen molar-refractivity contribution >= 4 is 47.3 Å². The van der Waals surface area contributed by atoms with Gasteiger partial charge in [0.1, 0.15) is 36.0 Å². The lowest BCUT2D eigenvalue weighted by atomic mass is 10.0. The summed E-state index contributed by atoms with van der Waals surface area (Å²) in [5, 5.41) is 6.06. The lowest BCUT2D eigenvalue weighted by Crippen LogP contribution is -2.71. The maximum absolute atomic E-state index is 14.0. The smallest absolute Gasteiger partial charge is 0.404 e. The van der Waals surface area contributed by atoms with Gasteiger partial charge in [0, 0.05) is 17.5 Å². The first-order valence-corrected chi connectivity index (χ1v) is 15.8. The summed E-state index contributed by atoms with van der Waals surface area (Å²) >= 11 is 1.28. The number of nitrogen functional groups attached to an aromatic ring is 1. The molecule has 0 bridgehead atoms. The number of β-lactam (4-membered cyclic amide) rings is 1. The summed E-state index contributed by atoms with van der Waals surface area (Å²) in [7, 11) is 0. The molecule has 3 amide bonds. The predicted octanol–water partition coefficient (Wildman–Crippen LogP) is 2.27. The van der Waals surface area contributed by atoms with Gasteiger partial charge in [-0.25, -0.2) is 19.6 Å². The second-order valence-corrected chi connectivity index (χ2v) is 12.1. The van der Waals surface area contributed by atoms with E-state index in [0.717, 1.165) is 12.8 Å². The molecule has 1 aliphatic carbocycles. The van der Waals surface area contributed by atoms with Crippen molar-refractivity contribution in [1.29, 1.82) is 0 Å². The number of oxime groups is 1. The van der Waals surface area contributed by atoms with Crippen LogP contribution in [0.25, 0.3) is 0 Å². The molecule has 1 saturated heterocycles. The van der Waals surface area contributed by atoms with Gasteiger partial charge in [0.2, 0.25) is 5.95 Å². The van der Waals surface area contributed by atoms with Crippen molar-refractivity contribution in [2.24, 2.45) is 16.8 Å². The number of esters is 1. The van der Waals surface area contributed by atoms with E-state index in [1.807, 2.05) is 60.7 Å². The minimum Gasteiger partial charge on any atom is -0.448 e. The number of nitrogens with zero attached hydrogens (tertiary/aromatic N) is 4. The van der Waals surface area contributed by atoms with E-state index in [0.29, 0.717) is 29.2 Å². The Bertz CT molecular complexity index is 1690. The van der Waals surface area contributed by atoms with Gasteiger partial charge < -0.3 is 31.1 Å². The summed E-state index contributed by atoms with van der Waals surface area (Å²) in [6.45, 7) is 0.0112. The fraction of sp³-hybridized carbons (Fsp3) is 0.281. The second-order valence-electron chi connectivity index (χ2n) is 11.0. The Balaban J connectivity index is 1.25. The Hall–Kier alpha value is -5.44. The third-order valence-corrected chi connectivity index (χ3v) is 8.98. The quantitative estimate of drug-likeness (QED) is 0.112. The standard InChI is InChI=1S/C32H31N7O7S/c33-31-35-14-13-22(36-31)23(38-45-15-18-11-12-18)27(40)37-24-28(41)39-25(21(16-44-32(34)43)17-47-29(24)39)30(42)46-26(19-7-3-1-4-8-19)20-9-5-2-6-10-20/h1-10,13-14,18,24,26,29H,11-12,15-17H2,(H2,34,43)(H,37,40)(H2,33,35,36)/b38-23-/t24-,29-/m1/s1. The van der Waals surface area contributed by atoms with E-state index in [1.165, 1.54) is 28.9 Å². The molecule has 2 aromatic carbocycles. The third kappa shape index (κ3) is 7.19. The third-order valence-electron chi connectivity index (χ3n) is 7.64. The number of benzene rings is 2. The highest BCUT2D eigenvalue weighted by molar-refractivity contribution is 8.00. The monoisotopic (exact) mass is 657 g/mol. The van der Waals surface area contributed by atoms with Gasteiger partial charge in [-0.2, -0.15) is 0 Å². The van der Waals surface area contributed by atoms with Crippen LogP contribution in [0.1, 0.15) is 35.8 Å². The molecule has 3 aromatic rings. The van der Waals surface area contributed by atoms with E-state index in [-0.39, 0.29) is 35.4 Å². The summed E-state index contributed by atoms with van der Waals surface area (Å²) in [5.41, 5.74) is 12.6. The highest BCUT2D eigenvalue weighted by atomic mass is 32.2. The van der Waals surface area contributed by atoms with E-state index < -0.39 is 41.4 Å². The highest BCUT2D eigenvalue weighted by Crippen LogP contribution is 2.41. The molecule has 15 heteroatoms. The summed E-state index contributed by atoms with van der Waals surface area (Å²) in [6.07, 6.45) is 1.58. The second kappa shape index (κ2) is 13.9. The average Bonchev–Trinajstić information content (AvgIpc) is 3.91. The van der Waals surface area contributed by atoms with E-state index in [2.05, 4.69) is 20.4 Å². The molecule has 2 fully saturated rings. The number of hydrogen-bond acceptors (Lipinski definition) is 12. The van der Waals surface area contributed by atoms with Crippen molar-refractivity contribution in [3.05, 3.63) is 101 Å². The molecule has 5 N–H and O–H groups in total. The number of primary amides is 1. The van der Waals surface area contributed by atoms with Crippen LogP contribution in [-0.2, 0) is 28.7 Å². The predicted molar refractivity (Wildman–Crippen MR) is 170 cm³/mol. The van der Waals surface area contributed by atoms with E-state index in [1.54, 1.807) is 0 Å². The normalized spacial score (nSPS) is 19.0. The van der Waals surface area contributed by atoms with Crippen LogP contribution in [0.3, 0.4) is 0 Å². The van der Waals surface area contributed by atoms with Gasteiger partial charge in [0.25, 0.3) is 11.8 Å². The van der Waals surface area contributed by atoms with Crippen molar-refractivity contribution in [3.63, 3.8) is 0 Å². The van der Waals surface area contributed by atoms with Crippen molar-refractivity contribution in [1.82, 2.24) is 20.2 Å². The molecule has 0 unspecified atom stereocenters. The zero-order valence-electron chi connectivity index (χ0n) is 25.0. The molecule has 3 heterocycles. The molecule has 14 nitrogen and oxygen atoms in total. The molecule has 2 atom stereocenters. The van der Waals surface area contributed by atoms with Gasteiger partial charge >= 0.3 is 12.1 Å². The number of rotatable bonds is 12. The van der Waals surface area contributed by atoms with Gasteiger partial charge in [-0.1, -0.05) is 65.8 Å². The molecular weight excluding hydrogens is 626 g/mol. The van der Waals surface area contributed by atoms with Crippen LogP contribution in [0.4, 0.5) is 10.7 Å². The summed E-state index contributed by atoms with van der Waals surface area (Å²) in [5.74, 6) is -1.60. The Morgan fingerprint density at radius 3 is 2.34 bits per heavy atom. The summed E-state index contributed by atoms with van der Waals surface area (Å²) in [4.78, 5) is 67.3. The van der Waals surface area contributed by atoms with Crippen LogP contribution in [0.5, 0.6) is 0 Å².